The van der Waals surface area contributed by atoms with E-state index in [-0.39, 0.29) is 17.7 Å². The molecule has 0 saturated carbocycles. The molecule has 1 aromatic rings. The normalized spacial score (nSPS) is 17.0. The van der Waals surface area contributed by atoms with Crippen LogP contribution in [0.25, 0.3) is 0 Å². The second kappa shape index (κ2) is 10.2. The summed E-state index contributed by atoms with van der Waals surface area (Å²) < 4.78 is 4.59. The van der Waals surface area contributed by atoms with Crippen molar-refractivity contribution in [1.29, 1.82) is 0 Å². The summed E-state index contributed by atoms with van der Waals surface area (Å²) in [5.41, 5.74) is 2.31. The summed E-state index contributed by atoms with van der Waals surface area (Å²) in [4.78, 5) is 38.5. The molecule has 1 aliphatic heterocycles. The zero-order chi connectivity index (χ0) is 21.5. The smallest absolute Gasteiger partial charge is 0.305 e. The number of carbonyl (C=O) groups excluding carboxylic acids is 3. The highest BCUT2D eigenvalue weighted by Gasteiger charge is 2.26. The van der Waals surface area contributed by atoms with Crippen LogP contribution in [0, 0.1) is 5.21 Å². The summed E-state index contributed by atoms with van der Waals surface area (Å²) >= 11 is 0. The molecule has 0 spiro atoms. The van der Waals surface area contributed by atoms with Crippen molar-refractivity contribution in [2.24, 2.45) is 0 Å². The number of piperazine rings is 1. The van der Waals surface area contributed by atoms with Gasteiger partial charge in [-0.15, -0.1) is 0 Å². The van der Waals surface area contributed by atoms with Gasteiger partial charge in [0.2, 0.25) is 0 Å². The van der Waals surface area contributed by atoms with Crippen molar-refractivity contribution in [3.63, 3.8) is 0 Å². The summed E-state index contributed by atoms with van der Waals surface area (Å²) in [5, 5.41) is 13.9. The number of ketones is 1. The minimum Gasteiger partial charge on any atom is -0.597 e. The number of hydrazine groups is 1. The van der Waals surface area contributed by atoms with Crippen LogP contribution in [0.4, 0.5) is 0 Å². The predicted molar refractivity (Wildman–Crippen MR) is 111 cm³/mol. The Labute approximate surface area is 176 Å². The molecule has 1 aliphatic carbocycles. The molecule has 1 heterocycles. The summed E-state index contributed by atoms with van der Waals surface area (Å²) in [6.07, 6.45) is 6.20. The first kappa shape index (κ1) is 21.8. The van der Waals surface area contributed by atoms with Gasteiger partial charge in [-0.25, -0.2) is 0 Å². The topological polar surface area (TPSA) is 93.0 Å². The fourth-order valence-electron chi connectivity index (χ4n) is 3.89. The van der Waals surface area contributed by atoms with Crippen LogP contribution in [0.15, 0.2) is 18.2 Å². The Bertz CT molecular complexity index is 828. The molecule has 1 amide bonds. The van der Waals surface area contributed by atoms with E-state index in [9.17, 15) is 19.6 Å². The van der Waals surface area contributed by atoms with Gasteiger partial charge in [-0.05, 0) is 43.4 Å². The molecule has 30 heavy (non-hydrogen) atoms. The van der Waals surface area contributed by atoms with E-state index in [0.29, 0.717) is 57.4 Å². The van der Waals surface area contributed by atoms with Crippen molar-refractivity contribution in [2.75, 3.05) is 33.3 Å². The maximum absolute atomic E-state index is 12.9. The van der Waals surface area contributed by atoms with E-state index >= 15 is 0 Å². The summed E-state index contributed by atoms with van der Waals surface area (Å²) in [6, 6.07) is 5.36. The summed E-state index contributed by atoms with van der Waals surface area (Å²) in [5.74, 6) is -0.138. The Hall–Kier alpha value is -2.90. The Morgan fingerprint density at radius 2 is 1.93 bits per heavy atom. The Morgan fingerprint density at radius 3 is 2.67 bits per heavy atom. The minimum absolute atomic E-state index is 0.0558. The van der Waals surface area contributed by atoms with Gasteiger partial charge in [0.15, 0.2) is 12.0 Å². The molecule has 0 unspecified atom stereocenters. The van der Waals surface area contributed by atoms with Gasteiger partial charge >= 0.3 is 5.97 Å². The predicted octanol–water partition coefficient (Wildman–Crippen LogP) is 2.19. The van der Waals surface area contributed by atoms with Gasteiger partial charge in [-0.1, -0.05) is 10.9 Å². The number of Topliss-reactive ketones (excluding diaryl/α,β-unsaturated/α-hetero) is 1. The molecule has 1 saturated heterocycles. The molecule has 2 aliphatic rings. The third-order valence-corrected chi connectivity index (χ3v) is 5.67. The van der Waals surface area contributed by atoms with E-state index in [1.165, 1.54) is 7.11 Å². The van der Waals surface area contributed by atoms with Gasteiger partial charge in [-0.2, -0.15) is 5.01 Å². The molecule has 8 nitrogen and oxygen atoms in total. The number of fused-ring (bicyclic) bond motifs is 1. The molecule has 8 heteroatoms. The average Bonchev–Trinajstić information content (AvgIpc) is 2.78. The van der Waals surface area contributed by atoms with Gasteiger partial charge in [-0.3, -0.25) is 14.4 Å². The minimum atomic E-state index is -0.236. The van der Waals surface area contributed by atoms with Gasteiger partial charge in [0.25, 0.3) is 5.91 Å². The first-order chi connectivity index (χ1) is 14.5. The lowest BCUT2D eigenvalue weighted by molar-refractivity contribution is -0.636. The zero-order valence-electron chi connectivity index (χ0n) is 17.5. The molecular formula is C22H29N3O5. The van der Waals surface area contributed by atoms with E-state index in [0.717, 1.165) is 35.2 Å². The van der Waals surface area contributed by atoms with Crippen molar-refractivity contribution < 1.29 is 24.0 Å². The highest BCUT2D eigenvalue weighted by atomic mass is 16.5. The number of rotatable bonds is 7. The number of amides is 1. The van der Waals surface area contributed by atoms with Crippen LogP contribution in [-0.2, 0) is 16.0 Å². The Balaban J connectivity index is 1.48. The van der Waals surface area contributed by atoms with Crippen molar-refractivity contribution in [3.05, 3.63) is 40.1 Å². The number of esters is 1. The molecule has 1 aromatic carbocycles. The summed E-state index contributed by atoms with van der Waals surface area (Å²) in [7, 11) is 1.37. The second-order valence-electron chi connectivity index (χ2n) is 7.70. The fourth-order valence-corrected chi connectivity index (χ4v) is 3.89. The SMILES string of the molecule is COC(=O)CCCC/C=[N+](/[O-])N1CCN(C(=O)c2ccc3c(c2)CCCC3=O)CC1. The quantitative estimate of drug-likeness (QED) is 0.169. The largest absolute Gasteiger partial charge is 0.597 e. The number of aryl methyl sites for hydroxylation is 1. The molecule has 0 atom stereocenters. The number of nitrogens with zero attached hydrogens (tertiary/aromatic N) is 3. The van der Waals surface area contributed by atoms with Crippen LogP contribution in [-0.4, -0.2) is 71.9 Å². The first-order valence-corrected chi connectivity index (χ1v) is 10.6. The van der Waals surface area contributed by atoms with Crippen LogP contribution in [0.2, 0.25) is 0 Å². The number of ether oxygens (including phenoxy) is 1. The standard InChI is InChI=1S/C22H29N3O5/c1-30-21(27)8-3-2-4-11-25(29)24-14-12-23(13-15-24)22(28)18-9-10-19-17(16-18)6-5-7-20(19)26/h9-11,16H,2-8,12-15H2,1H3/b25-11+. The monoisotopic (exact) mass is 415 g/mol. The van der Waals surface area contributed by atoms with Crippen LogP contribution in [0.1, 0.15) is 64.8 Å². The molecule has 0 N–H and O–H groups in total. The lowest BCUT2D eigenvalue weighted by atomic mass is 9.89. The van der Waals surface area contributed by atoms with Crippen LogP contribution >= 0.6 is 0 Å². The zero-order valence-corrected chi connectivity index (χ0v) is 17.5. The number of unbranched alkanes of at least 4 members (excludes halogenated alkanes) is 2. The summed E-state index contributed by atoms with van der Waals surface area (Å²) in [6.45, 7) is 1.89. The molecule has 3 rings (SSSR count). The van der Waals surface area contributed by atoms with Crippen molar-refractivity contribution in [3.8, 4) is 0 Å². The number of hydrogen-bond donors (Lipinski definition) is 0. The van der Waals surface area contributed by atoms with E-state index in [2.05, 4.69) is 4.74 Å². The van der Waals surface area contributed by atoms with E-state index < -0.39 is 0 Å². The van der Waals surface area contributed by atoms with Crippen molar-refractivity contribution >= 4 is 23.9 Å². The Kier molecular flexibility index (Phi) is 7.43. The third-order valence-electron chi connectivity index (χ3n) is 5.67. The fraction of sp³-hybridized carbons (Fsp3) is 0.545. The number of carbonyl (C=O) groups is 3. The maximum atomic E-state index is 12.9. The van der Waals surface area contributed by atoms with Gasteiger partial charge < -0.3 is 14.8 Å². The van der Waals surface area contributed by atoms with Gasteiger partial charge in [0, 0.05) is 43.5 Å². The lowest BCUT2D eigenvalue weighted by Gasteiger charge is -2.33. The number of benzene rings is 1. The van der Waals surface area contributed by atoms with Gasteiger partial charge in [0.05, 0.1) is 20.2 Å². The highest BCUT2D eigenvalue weighted by Crippen LogP contribution is 2.23. The number of hydrogen-bond acceptors (Lipinski definition) is 6. The van der Waals surface area contributed by atoms with Crippen molar-refractivity contribution in [1.82, 2.24) is 9.91 Å². The molecule has 1 fully saturated rings. The highest BCUT2D eigenvalue weighted by molar-refractivity contribution is 6.01. The van der Waals surface area contributed by atoms with E-state index in [1.54, 1.807) is 28.3 Å². The van der Waals surface area contributed by atoms with E-state index in [1.807, 2.05) is 6.07 Å². The molecular weight excluding hydrogens is 386 g/mol. The second-order valence-corrected chi connectivity index (χ2v) is 7.70. The van der Waals surface area contributed by atoms with Crippen LogP contribution in [0.5, 0.6) is 0 Å². The number of methoxy groups -OCH3 is 1. The lowest BCUT2D eigenvalue weighted by Crippen LogP contribution is -2.51. The maximum Gasteiger partial charge on any atom is 0.305 e. The average molecular weight is 415 g/mol. The van der Waals surface area contributed by atoms with Crippen molar-refractivity contribution in [2.45, 2.75) is 44.9 Å². The Morgan fingerprint density at radius 1 is 1.17 bits per heavy atom. The molecule has 0 bridgehead atoms. The van der Waals surface area contributed by atoms with Crippen LogP contribution in [0.3, 0.4) is 0 Å². The van der Waals surface area contributed by atoms with Crippen LogP contribution < -0.4 is 0 Å². The first-order valence-electron chi connectivity index (χ1n) is 10.6. The number of hydrazone groups is 1. The third kappa shape index (κ3) is 5.37. The molecule has 0 radical (unpaired) electrons. The van der Waals surface area contributed by atoms with E-state index in [4.69, 9.17) is 0 Å². The van der Waals surface area contributed by atoms with Gasteiger partial charge in [0.1, 0.15) is 0 Å². The molecule has 162 valence electrons. The molecule has 0 aromatic heterocycles.